The summed E-state index contributed by atoms with van der Waals surface area (Å²) in [7, 11) is 1.58. The zero-order valence-electron chi connectivity index (χ0n) is 11.0. The third-order valence-electron chi connectivity index (χ3n) is 3.08. The molecule has 3 aromatic rings. The number of aromatic nitrogens is 1. The Kier molecular flexibility index (Phi) is 3.57. The topological polar surface area (TPSA) is 27.3 Å². The van der Waals surface area contributed by atoms with E-state index >= 15 is 0 Å². The van der Waals surface area contributed by atoms with Crippen molar-refractivity contribution in [2.24, 2.45) is 0 Å². The molecule has 1 heterocycles. The van der Waals surface area contributed by atoms with Crippen molar-refractivity contribution in [3.05, 3.63) is 57.8 Å². The molecule has 0 aliphatic rings. The van der Waals surface area contributed by atoms with Gasteiger partial charge in [0.2, 0.25) is 0 Å². The van der Waals surface area contributed by atoms with Gasteiger partial charge in [-0.3, -0.25) is 4.57 Å². The molecule has 0 fully saturated rings. The molecule has 6 heteroatoms. The molecule has 3 rings (SSSR count). The number of nitrogens with zero attached hydrogens (tertiary/aromatic N) is 1. The summed E-state index contributed by atoms with van der Waals surface area (Å²) < 4.78 is 26.0. The van der Waals surface area contributed by atoms with Crippen molar-refractivity contribution in [1.29, 1.82) is 0 Å². The molecule has 106 valence electrons. The molecule has 0 bridgehead atoms. The molecule has 21 heavy (non-hydrogen) atoms. The summed E-state index contributed by atoms with van der Waals surface area (Å²) in [6.07, 6.45) is 0. The lowest BCUT2D eigenvalue weighted by molar-refractivity contribution is 0.415. The summed E-state index contributed by atoms with van der Waals surface area (Å²) in [6.45, 7) is 0. The lowest BCUT2D eigenvalue weighted by Crippen LogP contribution is -1.99. The van der Waals surface area contributed by atoms with Crippen LogP contribution in [0.5, 0.6) is 5.75 Å². The van der Waals surface area contributed by atoms with Gasteiger partial charge in [-0.05, 0) is 54.7 Å². The molecule has 3 nitrogen and oxygen atoms in total. The van der Waals surface area contributed by atoms with Gasteiger partial charge in [-0.2, -0.15) is 0 Å². The number of hydrogen-bond donors (Lipinski definition) is 0. The maximum atomic E-state index is 13.1. The minimum absolute atomic E-state index is 0.212. The molecule has 0 saturated carbocycles. The van der Waals surface area contributed by atoms with Crippen LogP contribution in [-0.2, 0) is 0 Å². The van der Waals surface area contributed by atoms with Crippen LogP contribution >= 0.6 is 24.4 Å². The van der Waals surface area contributed by atoms with Gasteiger partial charge in [-0.1, -0.05) is 12.2 Å². The maximum Gasteiger partial charge on any atom is 0.274 e. The average Bonchev–Trinajstić information content (AvgIpc) is 2.49. The highest BCUT2D eigenvalue weighted by Gasteiger charge is 2.08. The van der Waals surface area contributed by atoms with Crippen LogP contribution in [0.1, 0.15) is 0 Å². The van der Waals surface area contributed by atoms with E-state index in [1.54, 1.807) is 42.0 Å². The average molecular weight is 319 g/mol. The first-order chi connectivity index (χ1) is 10.1. The Morgan fingerprint density at radius 3 is 2.48 bits per heavy atom. The molecule has 2 aromatic carbocycles. The van der Waals surface area contributed by atoms with Gasteiger partial charge in [-0.15, -0.1) is 0 Å². The molecule has 0 unspecified atom stereocenters. The van der Waals surface area contributed by atoms with Crippen LogP contribution in [0.4, 0.5) is 4.39 Å². The minimum Gasteiger partial charge on any atom is -0.497 e. The second kappa shape index (κ2) is 5.38. The lowest BCUT2D eigenvalue weighted by atomic mass is 10.2. The number of benzene rings is 2. The first-order valence-electron chi connectivity index (χ1n) is 6.10. The monoisotopic (exact) mass is 319 g/mol. The summed E-state index contributed by atoms with van der Waals surface area (Å²) in [4.78, 5) is 0.212. The molecule has 0 spiro atoms. The van der Waals surface area contributed by atoms with Crippen LogP contribution in [0, 0.1) is 15.3 Å². The standard InChI is InChI=1S/C15H10FNO2S2/c1-18-11-6-7-13-12(8-11)14(20)17(15(21)19-13)10-4-2-9(16)3-5-10/h2-8H,1H3. The molecular formula is C15H10FNO2S2. The quantitative estimate of drug-likeness (QED) is 0.632. The van der Waals surface area contributed by atoms with E-state index in [2.05, 4.69) is 0 Å². The van der Waals surface area contributed by atoms with Crippen molar-refractivity contribution in [2.45, 2.75) is 0 Å². The Labute approximate surface area is 130 Å². The summed E-state index contributed by atoms with van der Waals surface area (Å²) in [5, 5.41) is 0.710. The van der Waals surface area contributed by atoms with Crippen LogP contribution in [-0.4, -0.2) is 11.7 Å². The Hall–Kier alpha value is -2.05. The van der Waals surface area contributed by atoms with E-state index in [9.17, 15) is 4.39 Å². The van der Waals surface area contributed by atoms with E-state index in [4.69, 9.17) is 33.6 Å². The predicted molar refractivity (Wildman–Crippen MR) is 83.7 cm³/mol. The molecule has 1 aromatic heterocycles. The molecule has 0 aliphatic heterocycles. The van der Waals surface area contributed by atoms with Gasteiger partial charge in [-0.25, -0.2) is 4.39 Å². The number of hydrogen-bond acceptors (Lipinski definition) is 4. The SMILES string of the molecule is COc1ccc2oc(=S)n(-c3ccc(F)cc3)c(=S)c2c1. The van der Waals surface area contributed by atoms with Crippen molar-refractivity contribution in [1.82, 2.24) is 4.57 Å². The van der Waals surface area contributed by atoms with Crippen LogP contribution < -0.4 is 4.74 Å². The largest absolute Gasteiger partial charge is 0.497 e. The van der Waals surface area contributed by atoms with Gasteiger partial charge in [0, 0.05) is 0 Å². The van der Waals surface area contributed by atoms with E-state index in [1.165, 1.54) is 12.1 Å². The van der Waals surface area contributed by atoms with E-state index in [0.717, 1.165) is 0 Å². The Morgan fingerprint density at radius 2 is 1.81 bits per heavy atom. The second-order valence-corrected chi connectivity index (χ2v) is 5.08. The zero-order valence-corrected chi connectivity index (χ0v) is 12.6. The highest BCUT2D eigenvalue weighted by molar-refractivity contribution is 7.72. The number of rotatable bonds is 2. The Morgan fingerprint density at radius 1 is 1.10 bits per heavy atom. The highest BCUT2D eigenvalue weighted by atomic mass is 32.1. The second-order valence-electron chi connectivity index (χ2n) is 4.35. The van der Waals surface area contributed by atoms with E-state index < -0.39 is 0 Å². The summed E-state index contributed by atoms with van der Waals surface area (Å²) in [5.74, 6) is 0.349. The van der Waals surface area contributed by atoms with E-state index in [0.29, 0.717) is 27.0 Å². The number of halogens is 1. The van der Waals surface area contributed by atoms with Gasteiger partial charge >= 0.3 is 0 Å². The fraction of sp³-hybridized carbons (Fsp3) is 0.0667. The van der Waals surface area contributed by atoms with Crippen LogP contribution in [0.15, 0.2) is 46.9 Å². The molecule has 0 N–H and O–H groups in total. The van der Waals surface area contributed by atoms with Gasteiger partial charge < -0.3 is 9.15 Å². The van der Waals surface area contributed by atoms with Crippen molar-refractivity contribution in [3.8, 4) is 11.4 Å². The number of fused-ring (bicyclic) bond motifs is 1. The van der Waals surface area contributed by atoms with Gasteiger partial charge in [0.05, 0.1) is 18.2 Å². The maximum absolute atomic E-state index is 13.1. The van der Waals surface area contributed by atoms with Crippen molar-refractivity contribution >= 4 is 35.4 Å². The predicted octanol–water partition coefficient (Wildman–Crippen LogP) is 4.83. The van der Waals surface area contributed by atoms with Gasteiger partial charge in [0.25, 0.3) is 4.84 Å². The van der Waals surface area contributed by atoms with Gasteiger partial charge in [0.15, 0.2) is 0 Å². The lowest BCUT2D eigenvalue weighted by Gasteiger charge is -2.09. The van der Waals surface area contributed by atoms with Crippen LogP contribution in [0.2, 0.25) is 0 Å². The van der Waals surface area contributed by atoms with Crippen molar-refractivity contribution in [3.63, 3.8) is 0 Å². The van der Waals surface area contributed by atoms with Crippen molar-refractivity contribution < 1.29 is 13.5 Å². The molecule has 0 aliphatic carbocycles. The van der Waals surface area contributed by atoms with E-state index in [-0.39, 0.29) is 10.7 Å². The smallest absolute Gasteiger partial charge is 0.274 e. The van der Waals surface area contributed by atoms with Crippen LogP contribution in [0.3, 0.4) is 0 Å². The first-order valence-corrected chi connectivity index (χ1v) is 6.91. The molecule has 0 amide bonds. The molecule has 0 atom stereocenters. The third-order valence-corrected chi connectivity index (χ3v) is 3.75. The minimum atomic E-state index is -0.324. The number of ether oxygens (including phenoxy) is 1. The Bertz CT molecular complexity index is 929. The first kappa shape index (κ1) is 13.9. The summed E-state index contributed by atoms with van der Waals surface area (Å²) in [5.41, 5.74) is 1.24. The van der Waals surface area contributed by atoms with Crippen molar-refractivity contribution in [2.75, 3.05) is 7.11 Å². The fourth-order valence-corrected chi connectivity index (χ4v) is 2.74. The molecule has 0 saturated heterocycles. The number of methoxy groups -OCH3 is 1. The normalized spacial score (nSPS) is 10.8. The Balaban J connectivity index is 2.35. The summed E-state index contributed by atoms with van der Waals surface area (Å²) >= 11 is 10.7. The molecular weight excluding hydrogens is 309 g/mol. The van der Waals surface area contributed by atoms with Crippen LogP contribution in [0.25, 0.3) is 16.7 Å². The van der Waals surface area contributed by atoms with E-state index in [1.807, 2.05) is 0 Å². The third kappa shape index (κ3) is 2.48. The zero-order chi connectivity index (χ0) is 15.0. The highest BCUT2D eigenvalue weighted by Crippen LogP contribution is 2.24. The van der Waals surface area contributed by atoms with Gasteiger partial charge in [0.1, 0.15) is 21.8 Å². The fourth-order valence-electron chi connectivity index (χ4n) is 2.05. The summed E-state index contributed by atoms with van der Waals surface area (Å²) in [6, 6.07) is 11.2. The molecule has 0 radical (unpaired) electrons.